The second kappa shape index (κ2) is 8.26. The summed E-state index contributed by atoms with van der Waals surface area (Å²) in [7, 11) is 0. The second-order valence-corrected chi connectivity index (χ2v) is 8.86. The summed E-state index contributed by atoms with van der Waals surface area (Å²) in [5.41, 5.74) is 3.27. The van der Waals surface area contributed by atoms with Crippen molar-refractivity contribution >= 4 is 41.1 Å². The Kier molecular flexibility index (Phi) is 5.84. The summed E-state index contributed by atoms with van der Waals surface area (Å²) in [4.78, 5) is 18.1. The quantitative estimate of drug-likeness (QED) is 0.402. The van der Waals surface area contributed by atoms with Crippen molar-refractivity contribution in [3.05, 3.63) is 75.8 Å². The Labute approximate surface area is 186 Å². The third-order valence-corrected chi connectivity index (χ3v) is 6.83. The highest BCUT2D eigenvalue weighted by atomic mass is 35.5. The van der Waals surface area contributed by atoms with E-state index in [4.69, 9.17) is 28.2 Å². The van der Waals surface area contributed by atoms with E-state index in [1.807, 2.05) is 54.4 Å². The maximum atomic E-state index is 13.5. The maximum absolute atomic E-state index is 13.5. The lowest BCUT2D eigenvalue weighted by Crippen LogP contribution is -2.60. The molecule has 156 valence electrons. The van der Waals surface area contributed by atoms with Gasteiger partial charge < -0.3 is 0 Å². The Balaban J connectivity index is 1.95. The van der Waals surface area contributed by atoms with Gasteiger partial charge in [-0.3, -0.25) is 14.7 Å². The minimum atomic E-state index is -1.34. The number of hydrogen-bond acceptors (Lipinski definition) is 3. The Morgan fingerprint density at radius 1 is 1.27 bits per heavy atom. The molecule has 6 heteroatoms. The second-order valence-electron chi connectivity index (χ2n) is 7.99. The molecule has 4 rings (SSSR count). The number of carbonyl (C=O) groups excluding carboxylic acids is 1. The maximum Gasteiger partial charge on any atom is 0.315 e. The van der Waals surface area contributed by atoms with Gasteiger partial charge in [-0.15, -0.1) is 0 Å². The zero-order valence-electron chi connectivity index (χ0n) is 16.7. The van der Waals surface area contributed by atoms with Crippen LogP contribution in [0.15, 0.2) is 59.6 Å². The third kappa shape index (κ3) is 3.51. The summed E-state index contributed by atoms with van der Waals surface area (Å²) >= 11 is 12.6. The van der Waals surface area contributed by atoms with Crippen molar-refractivity contribution in [2.24, 2.45) is 4.99 Å². The average molecular weight is 445 g/mol. The summed E-state index contributed by atoms with van der Waals surface area (Å²) < 4.78 is 13.5. The molecule has 2 aromatic rings. The van der Waals surface area contributed by atoms with E-state index in [0.29, 0.717) is 23.0 Å². The predicted molar refractivity (Wildman–Crippen MR) is 121 cm³/mol. The van der Waals surface area contributed by atoms with Gasteiger partial charge in [0.15, 0.2) is 0 Å². The van der Waals surface area contributed by atoms with Crippen LogP contribution in [-0.4, -0.2) is 36.3 Å². The zero-order chi connectivity index (χ0) is 21.5. The fourth-order valence-electron chi connectivity index (χ4n) is 5.16. The minimum Gasteiger partial charge on any atom is -0.286 e. The van der Waals surface area contributed by atoms with E-state index in [2.05, 4.69) is 12.6 Å². The molecule has 0 N–H and O–H groups in total. The number of piperidine rings is 1. The van der Waals surface area contributed by atoms with Crippen LogP contribution in [0.25, 0.3) is 0 Å². The van der Waals surface area contributed by atoms with Gasteiger partial charge in [0, 0.05) is 28.2 Å². The molecule has 0 bridgehead atoms. The molecule has 0 saturated carbocycles. The van der Waals surface area contributed by atoms with Gasteiger partial charge in [0.2, 0.25) is 0 Å². The number of fused-ring (bicyclic) bond motifs is 2. The molecule has 1 spiro atoms. The van der Waals surface area contributed by atoms with Gasteiger partial charge in [-0.2, -0.15) is 4.39 Å². The number of hydrogen-bond donors (Lipinski definition) is 0. The molecule has 1 saturated heterocycles. The zero-order valence-corrected chi connectivity index (χ0v) is 18.3. The van der Waals surface area contributed by atoms with Crippen molar-refractivity contribution in [1.82, 2.24) is 4.90 Å². The molecule has 0 amide bonds. The normalized spacial score (nSPS) is 25.5. The Bertz CT molecular complexity index is 1040. The number of rotatable bonds is 5. The van der Waals surface area contributed by atoms with E-state index in [-0.39, 0.29) is 18.5 Å². The third-order valence-electron chi connectivity index (χ3n) is 6.36. The highest BCUT2D eigenvalue weighted by Crippen LogP contribution is 2.55. The van der Waals surface area contributed by atoms with Crippen LogP contribution in [0.5, 0.6) is 0 Å². The summed E-state index contributed by atoms with van der Waals surface area (Å²) in [6, 6.07) is 11.9. The van der Waals surface area contributed by atoms with Gasteiger partial charge in [0.1, 0.15) is 0 Å². The van der Waals surface area contributed by atoms with Crippen LogP contribution < -0.4 is 0 Å². The molecule has 3 atom stereocenters. The molecule has 1 fully saturated rings. The molecule has 30 heavy (non-hydrogen) atoms. The lowest BCUT2D eigenvalue weighted by atomic mass is 9.59. The van der Waals surface area contributed by atoms with E-state index in [9.17, 15) is 9.18 Å². The highest BCUT2D eigenvalue weighted by molar-refractivity contribution is 6.31. The van der Waals surface area contributed by atoms with Gasteiger partial charge in [-0.25, -0.2) is 0 Å². The van der Waals surface area contributed by atoms with Crippen LogP contribution in [-0.2, 0) is 10.2 Å². The molecule has 2 heterocycles. The minimum absolute atomic E-state index is 0.0432. The van der Waals surface area contributed by atoms with Gasteiger partial charge in [0.05, 0.1) is 17.6 Å². The molecule has 2 aromatic carbocycles. The predicted octanol–water partition coefficient (Wildman–Crippen LogP) is 6.27. The number of likely N-dealkylation sites (tertiary alicyclic amines) is 1. The molecule has 3 nitrogen and oxygen atoms in total. The fourth-order valence-corrected chi connectivity index (χ4v) is 5.52. The lowest BCUT2D eigenvalue weighted by Gasteiger charge is -2.52. The van der Waals surface area contributed by atoms with E-state index in [1.165, 1.54) is 0 Å². The van der Waals surface area contributed by atoms with Crippen molar-refractivity contribution in [3.8, 4) is 0 Å². The van der Waals surface area contributed by atoms with E-state index in [1.54, 1.807) is 0 Å². The van der Waals surface area contributed by atoms with Crippen LogP contribution in [0.1, 0.15) is 36.8 Å². The molecular formula is C24H23Cl2FN2O. The first kappa shape index (κ1) is 21.2. The molecule has 0 radical (unpaired) electrons. The number of aliphatic imine (C=N–C) groups is 1. The monoisotopic (exact) mass is 444 g/mol. The number of benzene rings is 2. The van der Waals surface area contributed by atoms with Crippen molar-refractivity contribution < 1.29 is 9.18 Å². The first-order valence-corrected chi connectivity index (χ1v) is 10.8. The topological polar surface area (TPSA) is 32.7 Å². The average Bonchev–Trinajstić information content (AvgIpc) is 3.05. The highest BCUT2D eigenvalue weighted by Gasteiger charge is 2.55. The standard InChI is InChI=1S/C24H23Cl2FN2O/c1-3-15(2)23-24(14-28-21-12-18(26)7-8-20(21)24)19(9-10-29(23)13-22(27)30)16-5-4-6-17(25)11-16/h4-8,11-12,14,19,23H,2-3,9-10,13H2,1H3/t19-,23+,24-/m0/s1. The Morgan fingerprint density at radius 3 is 2.73 bits per heavy atom. The molecule has 2 aliphatic heterocycles. The number of halogens is 3. The van der Waals surface area contributed by atoms with Crippen molar-refractivity contribution in [1.29, 1.82) is 0 Å². The van der Waals surface area contributed by atoms with E-state index < -0.39 is 11.5 Å². The van der Waals surface area contributed by atoms with Crippen molar-refractivity contribution in [2.75, 3.05) is 13.1 Å². The van der Waals surface area contributed by atoms with Crippen LogP contribution in [0.3, 0.4) is 0 Å². The van der Waals surface area contributed by atoms with Crippen molar-refractivity contribution in [2.45, 2.75) is 37.1 Å². The summed E-state index contributed by atoms with van der Waals surface area (Å²) in [5, 5.41) is 1.28. The lowest BCUT2D eigenvalue weighted by molar-refractivity contribution is -0.131. The van der Waals surface area contributed by atoms with E-state index >= 15 is 0 Å². The van der Waals surface area contributed by atoms with Crippen molar-refractivity contribution in [3.63, 3.8) is 0 Å². The van der Waals surface area contributed by atoms with E-state index in [0.717, 1.165) is 28.8 Å². The smallest absolute Gasteiger partial charge is 0.286 e. The first-order valence-electron chi connectivity index (χ1n) is 10.1. The summed E-state index contributed by atoms with van der Waals surface area (Å²) in [6.07, 6.45) is 3.40. The van der Waals surface area contributed by atoms with Gasteiger partial charge in [0.25, 0.3) is 0 Å². The SMILES string of the molecule is C=C(CC)[C@H]1N(CC(=O)F)CC[C@@H](c2cccc(Cl)c2)[C@]12C=Nc1cc(Cl)ccc12. The van der Waals surface area contributed by atoms with Crippen LogP contribution in [0.2, 0.25) is 10.0 Å². The Morgan fingerprint density at radius 2 is 2.03 bits per heavy atom. The van der Waals surface area contributed by atoms with Gasteiger partial charge >= 0.3 is 6.04 Å². The molecule has 0 aliphatic carbocycles. The fraction of sp³-hybridized carbons (Fsp3) is 0.333. The molecular weight excluding hydrogens is 422 g/mol. The first-order chi connectivity index (χ1) is 14.4. The molecule has 0 aromatic heterocycles. The number of carbonyl (C=O) groups is 1. The Hall–Kier alpha value is -2.01. The summed E-state index contributed by atoms with van der Waals surface area (Å²) in [6.45, 7) is 6.67. The molecule has 2 aliphatic rings. The largest absolute Gasteiger partial charge is 0.315 e. The van der Waals surface area contributed by atoms with Gasteiger partial charge in [-0.1, -0.05) is 60.5 Å². The van der Waals surface area contributed by atoms with Crippen LogP contribution in [0.4, 0.5) is 10.1 Å². The van der Waals surface area contributed by atoms with Gasteiger partial charge in [-0.05, 0) is 54.8 Å². The number of nitrogens with zero attached hydrogens (tertiary/aromatic N) is 2. The molecule has 0 unspecified atom stereocenters. The van der Waals surface area contributed by atoms with Crippen LogP contribution >= 0.6 is 23.2 Å². The van der Waals surface area contributed by atoms with Crippen LogP contribution in [0, 0.1) is 0 Å². The summed E-state index contributed by atoms with van der Waals surface area (Å²) in [5.74, 6) is 0.0432.